The molecule has 1 fully saturated rings. The zero-order valence-corrected chi connectivity index (χ0v) is 8.18. The van der Waals surface area contributed by atoms with Crippen LogP contribution in [0.5, 0.6) is 5.75 Å². The first kappa shape index (κ1) is 9.13. The van der Waals surface area contributed by atoms with Crippen LogP contribution in [0, 0.1) is 5.92 Å². The van der Waals surface area contributed by atoms with E-state index >= 15 is 0 Å². The topological polar surface area (TPSA) is 29.5 Å². The number of rotatable bonds is 3. The number of allylic oxidation sites excluding steroid dienone is 1. The number of ether oxygens (including phenoxy) is 1. The number of aliphatic hydroxyl groups is 1. The Kier molecular flexibility index (Phi) is 2.44. The van der Waals surface area contributed by atoms with Gasteiger partial charge in [-0.2, -0.15) is 0 Å². The molecule has 0 aromatic heterocycles. The molecule has 1 saturated carbocycles. The molecule has 0 aliphatic heterocycles. The SMILES string of the molecule is COc1ccccc1[C@H]1CC1/C=C/O. The van der Waals surface area contributed by atoms with Crippen LogP contribution in [0.3, 0.4) is 0 Å². The Morgan fingerprint density at radius 2 is 2.21 bits per heavy atom. The third-order valence-corrected chi connectivity index (χ3v) is 2.71. The van der Waals surface area contributed by atoms with Crippen molar-refractivity contribution in [1.29, 1.82) is 0 Å². The highest BCUT2D eigenvalue weighted by Gasteiger charge is 2.37. The minimum absolute atomic E-state index is 0.483. The van der Waals surface area contributed by atoms with Crippen LogP contribution >= 0.6 is 0 Å². The van der Waals surface area contributed by atoms with E-state index in [4.69, 9.17) is 9.84 Å². The highest BCUT2D eigenvalue weighted by molar-refractivity contribution is 5.40. The Balaban J connectivity index is 2.18. The largest absolute Gasteiger partial charge is 0.516 e. The number of para-hydroxylation sites is 1. The first-order valence-corrected chi connectivity index (χ1v) is 4.80. The van der Waals surface area contributed by atoms with E-state index in [1.54, 1.807) is 7.11 Å². The van der Waals surface area contributed by atoms with Gasteiger partial charge in [0, 0.05) is 0 Å². The maximum Gasteiger partial charge on any atom is 0.122 e. The maximum atomic E-state index is 8.66. The Hall–Kier alpha value is -1.44. The van der Waals surface area contributed by atoms with E-state index in [2.05, 4.69) is 6.07 Å². The molecule has 0 saturated heterocycles. The third kappa shape index (κ3) is 1.60. The Morgan fingerprint density at radius 1 is 1.43 bits per heavy atom. The van der Waals surface area contributed by atoms with Crippen molar-refractivity contribution < 1.29 is 9.84 Å². The molecule has 14 heavy (non-hydrogen) atoms. The van der Waals surface area contributed by atoms with Gasteiger partial charge in [0.05, 0.1) is 13.4 Å². The predicted molar refractivity (Wildman–Crippen MR) is 55.6 cm³/mol. The normalized spacial score (nSPS) is 25.2. The molecule has 0 heterocycles. The second kappa shape index (κ2) is 3.74. The van der Waals surface area contributed by atoms with Crippen LogP contribution < -0.4 is 4.74 Å². The lowest BCUT2D eigenvalue weighted by Gasteiger charge is -2.06. The first-order valence-electron chi connectivity index (χ1n) is 4.80. The van der Waals surface area contributed by atoms with E-state index in [1.807, 2.05) is 24.3 Å². The van der Waals surface area contributed by atoms with E-state index in [0.717, 1.165) is 18.4 Å². The summed E-state index contributed by atoms with van der Waals surface area (Å²) < 4.78 is 5.29. The van der Waals surface area contributed by atoms with Gasteiger partial charge in [-0.05, 0) is 36.0 Å². The molecule has 0 radical (unpaired) electrons. The summed E-state index contributed by atoms with van der Waals surface area (Å²) in [5.74, 6) is 1.96. The molecule has 74 valence electrons. The summed E-state index contributed by atoms with van der Waals surface area (Å²) in [4.78, 5) is 0. The van der Waals surface area contributed by atoms with Crippen LogP contribution in [0.25, 0.3) is 0 Å². The molecule has 2 heteroatoms. The third-order valence-electron chi connectivity index (χ3n) is 2.71. The Labute approximate surface area is 83.8 Å². The van der Waals surface area contributed by atoms with Crippen molar-refractivity contribution >= 4 is 0 Å². The molecule has 2 atom stereocenters. The summed E-state index contributed by atoms with van der Waals surface area (Å²) in [7, 11) is 1.69. The van der Waals surface area contributed by atoms with Gasteiger partial charge in [-0.1, -0.05) is 18.2 Å². The molecular formula is C12H14O2. The quantitative estimate of drug-likeness (QED) is 0.742. The van der Waals surface area contributed by atoms with E-state index in [0.29, 0.717) is 11.8 Å². The first-order chi connectivity index (χ1) is 6.86. The van der Waals surface area contributed by atoms with Crippen molar-refractivity contribution in [2.45, 2.75) is 12.3 Å². The van der Waals surface area contributed by atoms with Crippen molar-refractivity contribution in [1.82, 2.24) is 0 Å². The molecule has 1 N–H and O–H groups in total. The minimum atomic E-state index is 0.483. The Morgan fingerprint density at radius 3 is 2.93 bits per heavy atom. The van der Waals surface area contributed by atoms with Crippen LogP contribution in [0.2, 0.25) is 0 Å². The summed E-state index contributed by atoms with van der Waals surface area (Å²) in [6.07, 6.45) is 4.09. The van der Waals surface area contributed by atoms with Gasteiger partial charge in [-0.3, -0.25) is 0 Å². The van der Waals surface area contributed by atoms with Crippen LogP contribution in [0.15, 0.2) is 36.6 Å². The van der Waals surface area contributed by atoms with Crippen molar-refractivity contribution in [3.63, 3.8) is 0 Å². The summed E-state index contributed by atoms with van der Waals surface area (Å²) in [5.41, 5.74) is 1.25. The lowest BCUT2D eigenvalue weighted by molar-refractivity contribution is 0.409. The fraction of sp³-hybridized carbons (Fsp3) is 0.333. The molecule has 1 aromatic carbocycles. The number of benzene rings is 1. The van der Waals surface area contributed by atoms with E-state index in [9.17, 15) is 0 Å². The molecule has 1 unspecified atom stereocenters. The molecule has 1 aliphatic rings. The molecule has 2 rings (SSSR count). The Bertz CT molecular complexity index is 344. The van der Waals surface area contributed by atoms with Gasteiger partial charge >= 0.3 is 0 Å². The van der Waals surface area contributed by atoms with Crippen molar-refractivity contribution in [3.05, 3.63) is 42.2 Å². The second-order valence-corrected chi connectivity index (χ2v) is 3.59. The number of hydrogen-bond donors (Lipinski definition) is 1. The summed E-state index contributed by atoms with van der Waals surface area (Å²) in [6.45, 7) is 0. The van der Waals surface area contributed by atoms with Gasteiger partial charge in [0.15, 0.2) is 0 Å². The van der Waals surface area contributed by atoms with Gasteiger partial charge in [0.1, 0.15) is 5.75 Å². The van der Waals surface area contributed by atoms with Crippen LogP contribution in [0.1, 0.15) is 17.9 Å². The number of hydrogen-bond acceptors (Lipinski definition) is 2. The molecule has 1 aliphatic carbocycles. The van der Waals surface area contributed by atoms with Gasteiger partial charge in [-0.15, -0.1) is 0 Å². The lowest BCUT2D eigenvalue weighted by atomic mass is 10.1. The molecule has 0 bridgehead atoms. The number of aliphatic hydroxyl groups excluding tert-OH is 1. The predicted octanol–water partition coefficient (Wildman–Crippen LogP) is 2.87. The molecule has 1 aromatic rings. The van der Waals surface area contributed by atoms with Crippen molar-refractivity contribution in [2.24, 2.45) is 5.92 Å². The summed E-state index contributed by atoms with van der Waals surface area (Å²) >= 11 is 0. The summed E-state index contributed by atoms with van der Waals surface area (Å²) in [5, 5.41) is 8.66. The zero-order chi connectivity index (χ0) is 9.97. The highest BCUT2D eigenvalue weighted by atomic mass is 16.5. The fourth-order valence-electron chi connectivity index (χ4n) is 1.87. The van der Waals surface area contributed by atoms with Crippen molar-refractivity contribution in [3.8, 4) is 5.75 Å². The smallest absolute Gasteiger partial charge is 0.122 e. The van der Waals surface area contributed by atoms with Crippen molar-refractivity contribution in [2.75, 3.05) is 7.11 Å². The van der Waals surface area contributed by atoms with Gasteiger partial charge < -0.3 is 9.84 Å². The average Bonchev–Trinajstić information content (AvgIpc) is 2.98. The summed E-state index contributed by atoms with van der Waals surface area (Å²) in [6, 6.07) is 8.07. The zero-order valence-electron chi connectivity index (χ0n) is 8.18. The fourth-order valence-corrected chi connectivity index (χ4v) is 1.87. The molecular weight excluding hydrogens is 176 g/mol. The number of methoxy groups -OCH3 is 1. The standard InChI is InChI=1S/C12H14O2/c1-14-12-5-3-2-4-10(12)11-8-9(11)6-7-13/h2-7,9,11,13H,8H2,1H3/b7-6+/t9?,11-/m0/s1. The molecule has 0 spiro atoms. The molecule has 2 nitrogen and oxygen atoms in total. The lowest BCUT2D eigenvalue weighted by Crippen LogP contribution is -1.90. The van der Waals surface area contributed by atoms with Crippen LogP contribution in [-0.4, -0.2) is 12.2 Å². The minimum Gasteiger partial charge on any atom is -0.516 e. The van der Waals surface area contributed by atoms with Crippen LogP contribution in [-0.2, 0) is 0 Å². The van der Waals surface area contributed by atoms with Gasteiger partial charge in [0.25, 0.3) is 0 Å². The highest BCUT2D eigenvalue weighted by Crippen LogP contribution is 2.50. The average molecular weight is 190 g/mol. The van der Waals surface area contributed by atoms with E-state index < -0.39 is 0 Å². The maximum absolute atomic E-state index is 8.66. The molecule has 0 amide bonds. The van der Waals surface area contributed by atoms with E-state index in [1.165, 1.54) is 5.56 Å². The monoisotopic (exact) mass is 190 g/mol. The van der Waals surface area contributed by atoms with Gasteiger partial charge in [-0.25, -0.2) is 0 Å². The van der Waals surface area contributed by atoms with E-state index in [-0.39, 0.29) is 0 Å². The van der Waals surface area contributed by atoms with Crippen LogP contribution in [0.4, 0.5) is 0 Å². The van der Waals surface area contributed by atoms with Gasteiger partial charge in [0.2, 0.25) is 0 Å². The second-order valence-electron chi connectivity index (χ2n) is 3.59.